The summed E-state index contributed by atoms with van der Waals surface area (Å²) in [6, 6.07) is 0. The molecular formula is C7H14BrNO. The number of ether oxygens (including phenoxy) is 1. The Morgan fingerprint density at radius 1 is 1.70 bits per heavy atom. The molecule has 1 aliphatic rings. The maximum Gasteiger partial charge on any atom is 0.0710 e. The van der Waals surface area contributed by atoms with Crippen molar-refractivity contribution in [3.63, 3.8) is 0 Å². The van der Waals surface area contributed by atoms with Crippen LogP contribution >= 0.6 is 15.9 Å². The number of nitrogens with zero attached hydrogens (tertiary/aromatic N) is 1. The summed E-state index contributed by atoms with van der Waals surface area (Å²) in [5, 5.41) is 1.07. The van der Waals surface area contributed by atoms with Crippen LogP contribution in [0.5, 0.6) is 0 Å². The molecule has 0 N–H and O–H groups in total. The lowest BCUT2D eigenvalue weighted by Crippen LogP contribution is -2.24. The minimum Gasteiger partial charge on any atom is -0.380 e. The third-order valence-electron chi connectivity index (χ3n) is 1.96. The maximum absolute atomic E-state index is 5.23. The molecule has 0 spiro atoms. The molecule has 1 rings (SSSR count). The molecule has 0 aromatic rings. The Morgan fingerprint density at radius 3 is 3.00 bits per heavy atom. The summed E-state index contributed by atoms with van der Waals surface area (Å²) < 4.78 is 5.23. The third-order valence-corrected chi connectivity index (χ3v) is 2.32. The van der Waals surface area contributed by atoms with Gasteiger partial charge in [0.25, 0.3) is 0 Å². The van der Waals surface area contributed by atoms with Crippen molar-refractivity contribution in [2.75, 3.05) is 32.1 Å². The fraction of sp³-hybridized carbons (Fsp3) is 1.00. The summed E-state index contributed by atoms with van der Waals surface area (Å²) in [6.45, 7) is 3.46. The minimum absolute atomic E-state index is 0.485. The molecule has 2 nitrogen and oxygen atoms in total. The molecule has 1 aliphatic heterocycles. The van der Waals surface area contributed by atoms with E-state index in [1.807, 2.05) is 0 Å². The smallest absolute Gasteiger partial charge is 0.0710 e. The van der Waals surface area contributed by atoms with Gasteiger partial charge in [-0.2, -0.15) is 0 Å². The molecule has 0 amide bonds. The van der Waals surface area contributed by atoms with E-state index in [0.717, 1.165) is 18.4 Å². The van der Waals surface area contributed by atoms with E-state index in [4.69, 9.17) is 4.74 Å². The predicted octanol–water partition coefficient (Wildman–Crippen LogP) is 1.10. The lowest BCUT2D eigenvalue weighted by molar-refractivity contribution is 0.109. The van der Waals surface area contributed by atoms with E-state index in [9.17, 15) is 0 Å². The molecule has 60 valence electrons. The summed E-state index contributed by atoms with van der Waals surface area (Å²) in [5.41, 5.74) is 0. The average molecular weight is 208 g/mol. The van der Waals surface area contributed by atoms with Gasteiger partial charge in [0.05, 0.1) is 6.10 Å². The first-order chi connectivity index (χ1) is 4.86. The van der Waals surface area contributed by atoms with Crippen molar-refractivity contribution < 1.29 is 4.74 Å². The number of methoxy groups -OCH3 is 1. The number of hydrogen-bond acceptors (Lipinski definition) is 2. The fourth-order valence-corrected chi connectivity index (χ4v) is 1.81. The van der Waals surface area contributed by atoms with Crippen LogP contribution in [0.3, 0.4) is 0 Å². The molecule has 0 saturated carbocycles. The molecule has 0 aromatic heterocycles. The van der Waals surface area contributed by atoms with Gasteiger partial charge in [0.1, 0.15) is 0 Å². The van der Waals surface area contributed by atoms with Crippen LogP contribution in [-0.2, 0) is 4.74 Å². The first-order valence-electron chi connectivity index (χ1n) is 3.68. The maximum atomic E-state index is 5.23. The second-order valence-corrected chi connectivity index (χ2v) is 3.43. The van der Waals surface area contributed by atoms with Crippen LogP contribution in [0.2, 0.25) is 0 Å². The molecule has 3 heteroatoms. The Labute approximate surface area is 70.7 Å². The zero-order valence-electron chi connectivity index (χ0n) is 6.35. The van der Waals surface area contributed by atoms with E-state index in [2.05, 4.69) is 20.8 Å². The van der Waals surface area contributed by atoms with Gasteiger partial charge in [0.15, 0.2) is 0 Å². The van der Waals surface area contributed by atoms with Crippen molar-refractivity contribution in [1.82, 2.24) is 4.90 Å². The van der Waals surface area contributed by atoms with Crippen LogP contribution in [0.15, 0.2) is 0 Å². The Morgan fingerprint density at radius 2 is 2.50 bits per heavy atom. The van der Waals surface area contributed by atoms with Gasteiger partial charge in [0.2, 0.25) is 0 Å². The zero-order chi connectivity index (χ0) is 7.40. The number of alkyl halides is 1. The van der Waals surface area contributed by atoms with Crippen molar-refractivity contribution >= 4 is 15.9 Å². The topological polar surface area (TPSA) is 12.5 Å². The first kappa shape index (κ1) is 8.50. The minimum atomic E-state index is 0.485. The van der Waals surface area contributed by atoms with Crippen LogP contribution in [0.1, 0.15) is 6.42 Å². The standard InChI is InChI=1S/C7H14BrNO/c1-10-7-2-4-9(6-7)5-3-8/h7H,2-6H2,1H3. The van der Waals surface area contributed by atoms with Gasteiger partial charge < -0.3 is 4.74 Å². The Hall–Kier alpha value is 0.400. The quantitative estimate of drug-likeness (QED) is 0.644. The number of halogens is 1. The molecule has 10 heavy (non-hydrogen) atoms. The molecule has 1 fully saturated rings. The highest BCUT2D eigenvalue weighted by Crippen LogP contribution is 2.10. The number of hydrogen-bond donors (Lipinski definition) is 0. The summed E-state index contributed by atoms with van der Waals surface area (Å²) in [4.78, 5) is 2.42. The lowest BCUT2D eigenvalue weighted by atomic mass is 10.3. The summed E-state index contributed by atoms with van der Waals surface area (Å²) in [5.74, 6) is 0. The van der Waals surface area contributed by atoms with Crippen LogP contribution in [0.25, 0.3) is 0 Å². The zero-order valence-corrected chi connectivity index (χ0v) is 7.93. The monoisotopic (exact) mass is 207 g/mol. The van der Waals surface area contributed by atoms with E-state index >= 15 is 0 Å². The van der Waals surface area contributed by atoms with Crippen molar-refractivity contribution in [3.8, 4) is 0 Å². The fourth-order valence-electron chi connectivity index (χ4n) is 1.31. The van der Waals surface area contributed by atoms with Gasteiger partial charge >= 0.3 is 0 Å². The summed E-state index contributed by atoms with van der Waals surface area (Å²) in [7, 11) is 1.79. The van der Waals surface area contributed by atoms with Crippen LogP contribution in [0.4, 0.5) is 0 Å². The Balaban J connectivity index is 2.15. The van der Waals surface area contributed by atoms with E-state index in [1.54, 1.807) is 7.11 Å². The molecule has 0 radical (unpaired) electrons. The lowest BCUT2D eigenvalue weighted by Gasteiger charge is -2.12. The van der Waals surface area contributed by atoms with E-state index in [1.165, 1.54) is 13.0 Å². The Bertz CT molecular complexity index is 99.6. The molecule has 1 atom stereocenters. The van der Waals surface area contributed by atoms with Gasteiger partial charge in [-0.05, 0) is 6.42 Å². The highest BCUT2D eigenvalue weighted by atomic mass is 79.9. The van der Waals surface area contributed by atoms with Crippen molar-refractivity contribution in [2.24, 2.45) is 0 Å². The molecular weight excluding hydrogens is 194 g/mol. The van der Waals surface area contributed by atoms with Crippen molar-refractivity contribution in [1.29, 1.82) is 0 Å². The largest absolute Gasteiger partial charge is 0.380 e. The van der Waals surface area contributed by atoms with E-state index in [-0.39, 0.29) is 0 Å². The van der Waals surface area contributed by atoms with Crippen LogP contribution in [-0.4, -0.2) is 43.1 Å². The van der Waals surface area contributed by atoms with Crippen molar-refractivity contribution in [2.45, 2.75) is 12.5 Å². The van der Waals surface area contributed by atoms with Gasteiger partial charge in [-0.15, -0.1) is 0 Å². The average Bonchev–Trinajstić information content (AvgIpc) is 2.37. The molecule has 1 unspecified atom stereocenters. The van der Waals surface area contributed by atoms with Gasteiger partial charge in [-0.1, -0.05) is 15.9 Å². The normalized spacial score (nSPS) is 27.6. The predicted molar refractivity (Wildman–Crippen MR) is 45.6 cm³/mol. The molecule has 0 aliphatic carbocycles. The summed E-state index contributed by atoms with van der Waals surface area (Å²) >= 11 is 3.42. The summed E-state index contributed by atoms with van der Waals surface area (Å²) in [6.07, 6.45) is 1.68. The van der Waals surface area contributed by atoms with Crippen LogP contribution < -0.4 is 0 Å². The Kier molecular flexibility index (Phi) is 3.66. The number of rotatable bonds is 3. The molecule has 0 aromatic carbocycles. The second kappa shape index (κ2) is 4.31. The highest BCUT2D eigenvalue weighted by Gasteiger charge is 2.20. The molecule has 0 bridgehead atoms. The van der Waals surface area contributed by atoms with Gasteiger partial charge in [-0.3, -0.25) is 4.90 Å². The SMILES string of the molecule is COC1CCN(CCBr)C1. The van der Waals surface area contributed by atoms with Crippen molar-refractivity contribution in [3.05, 3.63) is 0 Å². The second-order valence-electron chi connectivity index (χ2n) is 2.64. The number of likely N-dealkylation sites (tertiary alicyclic amines) is 1. The molecule has 1 heterocycles. The third kappa shape index (κ3) is 2.22. The van der Waals surface area contributed by atoms with Crippen LogP contribution in [0, 0.1) is 0 Å². The van der Waals surface area contributed by atoms with Gasteiger partial charge in [-0.25, -0.2) is 0 Å². The highest BCUT2D eigenvalue weighted by molar-refractivity contribution is 9.09. The van der Waals surface area contributed by atoms with E-state index < -0.39 is 0 Å². The first-order valence-corrected chi connectivity index (χ1v) is 4.80. The molecule has 1 saturated heterocycles. The van der Waals surface area contributed by atoms with E-state index in [0.29, 0.717) is 6.10 Å². The van der Waals surface area contributed by atoms with Gasteiger partial charge in [0, 0.05) is 32.1 Å².